The standard InChI is InChI=1S/C25H33N3O4/c1-15(2)10-17(27-24(30)32-25(4,5)6)14-31-22-12-21-19(11-16(22)3)18-8-9-26-13-20(18)23(29)28(21)7/h8-9,11-13,15,17H,10,14H2,1-7H3,(H,27,30). The van der Waals surface area contributed by atoms with E-state index in [1.54, 1.807) is 24.0 Å². The summed E-state index contributed by atoms with van der Waals surface area (Å²) in [5, 5.41) is 5.36. The number of carbonyl (C=O) groups is 1. The van der Waals surface area contributed by atoms with Crippen molar-refractivity contribution < 1.29 is 14.3 Å². The van der Waals surface area contributed by atoms with Crippen LogP contribution in [0.2, 0.25) is 0 Å². The number of rotatable bonds is 6. The second-order valence-corrected chi connectivity index (χ2v) is 9.70. The van der Waals surface area contributed by atoms with Crippen LogP contribution < -0.4 is 15.6 Å². The van der Waals surface area contributed by atoms with Crippen molar-refractivity contribution in [1.29, 1.82) is 0 Å². The Morgan fingerprint density at radius 2 is 1.91 bits per heavy atom. The number of nitrogens with one attached hydrogen (secondary N) is 1. The van der Waals surface area contributed by atoms with Crippen LogP contribution in [0, 0.1) is 12.8 Å². The zero-order chi connectivity index (χ0) is 23.6. The van der Waals surface area contributed by atoms with E-state index in [4.69, 9.17) is 9.47 Å². The minimum absolute atomic E-state index is 0.0975. The number of ether oxygens (including phenoxy) is 2. The van der Waals surface area contributed by atoms with Gasteiger partial charge in [-0.1, -0.05) is 13.8 Å². The van der Waals surface area contributed by atoms with Crippen molar-refractivity contribution >= 4 is 27.8 Å². The molecule has 32 heavy (non-hydrogen) atoms. The normalized spacial score (nSPS) is 12.9. The number of carbonyl (C=O) groups excluding carboxylic acids is 1. The van der Waals surface area contributed by atoms with Gasteiger partial charge in [-0.15, -0.1) is 0 Å². The fraction of sp³-hybridized carbons (Fsp3) is 0.480. The molecule has 0 aliphatic heterocycles. The maximum Gasteiger partial charge on any atom is 0.407 e. The molecule has 1 amide bonds. The maximum absolute atomic E-state index is 12.8. The zero-order valence-corrected chi connectivity index (χ0v) is 20.0. The van der Waals surface area contributed by atoms with Gasteiger partial charge in [-0.2, -0.15) is 0 Å². The van der Waals surface area contributed by atoms with Gasteiger partial charge in [-0.3, -0.25) is 9.78 Å². The molecule has 0 aliphatic carbocycles. The van der Waals surface area contributed by atoms with Gasteiger partial charge in [-0.05, 0) is 63.1 Å². The number of alkyl carbamates (subject to hydrolysis) is 1. The summed E-state index contributed by atoms with van der Waals surface area (Å²) in [6, 6.07) is 5.59. The van der Waals surface area contributed by atoms with Gasteiger partial charge in [0.05, 0.1) is 16.9 Å². The minimum atomic E-state index is -0.564. The van der Waals surface area contributed by atoms with Crippen molar-refractivity contribution in [2.24, 2.45) is 13.0 Å². The van der Waals surface area contributed by atoms with Gasteiger partial charge in [0.15, 0.2) is 0 Å². The van der Waals surface area contributed by atoms with Gasteiger partial charge >= 0.3 is 6.09 Å². The van der Waals surface area contributed by atoms with Crippen molar-refractivity contribution in [3.8, 4) is 5.75 Å². The van der Waals surface area contributed by atoms with Crippen LogP contribution in [0.15, 0.2) is 35.4 Å². The third-order valence-corrected chi connectivity index (χ3v) is 5.22. The molecule has 0 aliphatic rings. The smallest absolute Gasteiger partial charge is 0.407 e. The Balaban J connectivity index is 1.89. The quantitative estimate of drug-likeness (QED) is 0.562. The molecular weight excluding hydrogens is 406 g/mol. The maximum atomic E-state index is 12.8. The molecule has 0 radical (unpaired) electrons. The number of fused-ring (bicyclic) bond motifs is 3. The Kier molecular flexibility index (Phi) is 6.77. The number of nitrogens with zero attached hydrogens (tertiary/aromatic N) is 2. The van der Waals surface area contributed by atoms with Crippen LogP contribution in [0.3, 0.4) is 0 Å². The van der Waals surface area contributed by atoms with Crippen molar-refractivity contribution in [2.75, 3.05) is 6.61 Å². The minimum Gasteiger partial charge on any atom is -0.491 e. The Hall–Kier alpha value is -3.09. The van der Waals surface area contributed by atoms with Gasteiger partial charge in [0.1, 0.15) is 18.0 Å². The molecule has 0 saturated carbocycles. The summed E-state index contributed by atoms with van der Waals surface area (Å²) in [7, 11) is 1.75. The third kappa shape index (κ3) is 5.39. The third-order valence-electron chi connectivity index (χ3n) is 5.22. The molecule has 7 nitrogen and oxygen atoms in total. The fourth-order valence-electron chi connectivity index (χ4n) is 3.82. The number of hydrogen-bond acceptors (Lipinski definition) is 5. The van der Waals surface area contributed by atoms with Crippen molar-refractivity contribution in [3.05, 3.63) is 46.5 Å². The molecule has 1 aromatic carbocycles. The summed E-state index contributed by atoms with van der Waals surface area (Å²) in [5.74, 6) is 1.05. The van der Waals surface area contributed by atoms with E-state index in [1.165, 1.54) is 0 Å². The largest absolute Gasteiger partial charge is 0.491 e. The molecule has 2 aromatic heterocycles. The monoisotopic (exact) mass is 439 g/mol. The average Bonchev–Trinajstić information content (AvgIpc) is 2.68. The molecule has 1 N–H and O–H groups in total. The first kappa shape index (κ1) is 23.6. The number of pyridine rings is 2. The van der Waals surface area contributed by atoms with Crippen LogP contribution in [0.5, 0.6) is 5.75 Å². The van der Waals surface area contributed by atoms with E-state index >= 15 is 0 Å². The van der Waals surface area contributed by atoms with Crippen LogP contribution >= 0.6 is 0 Å². The number of amides is 1. The molecule has 0 spiro atoms. The highest BCUT2D eigenvalue weighted by Gasteiger charge is 2.21. The van der Waals surface area contributed by atoms with Gasteiger partial charge in [-0.25, -0.2) is 4.79 Å². The molecule has 0 saturated heterocycles. The molecule has 3 rings (SSSR count). The predicted molar refractivity (Wildman–Crippen MR) is 127 cm³/mol. The lowest BCUT2D eigenvalue weighted by atomic mass is 10.0. The predicted octanol–water partition coefficient (Wildman–Crippen LogP) is 4.71. The Morgan fingerprint density at radius 1 is 1.19 bits per heavy atom. The van der Waals surface area contributed by atoms with Crippen LogP contribution in [-0.4, -0.2) is 33.9 Å². The van der Waals surface area contributed by atoms with Crippen LogP contribution in [-0.2, 0) is 11.8 Å². The molecule has 0 fully saturated rings. The second kappa shape index (κ2) is 9.18. The molecule has 1 atom stereocenters. The first-order valence-corrected chi connectivity index (χ1v) is 11.0. The molecule has 2 heterocycles. The number of hydrogen-bond donors (Lipinski definition) is 1. The summed E-state index contributed by atoms with van der Waals surface area (Å²) < 4.78 is 13.2. The highest BCUT2D eigenvalue weighted by molar-refractivity contribution is 6.05. The SMILES string of the molecule is Cc1cc2c3ccncc3c(=O)n(C)c2cc1OCC(CC(C)C)NC(=O)OC(C)(C)C. The average molecular weight is 440 g/mol. The molecule has 3 aromatic rings. The fourth-order valence-corrected chi connectivity index (χ4v) is 3.82. The number of aryl methyl sites for hydroxylation is 2. The number of aromatic nitrogens is 2. The summed E-state index contributed by atoms with van der Waals surface area (Å²) >= 11 is 0. The molecular formula is C25H33N3O4. The highest BCUT2D eigenvalue weighted by Crippen LogP contribution is 2.29. The van der Waals surface area contributed by atoms with Gasteiger partial charge in [0.2, 0.25) is 0 Å². The lowest BCUT2D eigenvalue weighted by Crippen LogP contribution is -2.42. The van der Waals surface area contributed by atoms with Crippen LogP contribution in [0.1, 0.15) is 46.6 Å². The summed E-state index contributed by atoms with van der Waals surface area (Å²) in [5.41, 5.74) is 1.08. The van der Waals surface area contributed by atoms with Crippen molar-refractivity contribution in [1.82, 2.24) is 14.9 Å². The Bertz CT molecular complexity index is 1190. The van der Waals surface area contributed by atoms with Crippen LogP contribution in [0.4, 0.5) is 4.79 Å². The van der Waals surface area contributed by atoms with E-state index in [0.29, 0.717) is 23.7 Å². The molecule has 0 bridgehead atoms. The topological polar surface area (TPSA) is 82.5 Å². The van der Waals surface area contributed by atoms with E-state index < -0.39 is 11.7 Å². The van der Waals surface area contributed by atoms with Gasteiger partial charge in [0.25, 0.3) is 5.56 Å². The van der Waals surface area contributed by atoms with Crippen molar-refractivity contribution in [2.45, 2.75) is 59.6 Å². The summed E-state index contributed by atoms with van der Waals surface area (Å²) in [6.07, 6.45) is 3.60. The lowest BCUT2D eigenvalue weighted by molar-refractivity contribution is 0.0480. The molecule has 7 heteroatoms. The second-order valence-electron chi connectivity index (χ2n) is 9.70. The summed E-state index contributed by atoms with van der Waals surface area (Å²) in [4.78, 5) is 29.2. The van der Waals surface area contributed by atoms with E-state index in [2.05, 4.69) is 24.1 Å². The van der Waals surface area contributed by atoms with Crippen LogP contribution in [0.25, 0.3) is 21.7 Å². The molecule has 1 unspecified atom stereocenters. The van der Waals surface area contributed by atoms with E-state index in [-0.39, 0.29) is 11.6 Å². The van der Waals surface area contributed by atoms with Crippen molar-refractivity contribution in [3.63, 3.8) is 0 Å². The first-order valence-electron chi connectivity index (χ1n) is 11.0. The van der Waals surface area contributed by atoms with Gasteiger partial charge < -0.3 is 19.4 Å². The van der Waals surface area contributed by atoms with Gasteiger partial charge in [0, 0.05) is 30.9 Å². The highest BCUT2D eigenvalue weighted by atomic mass is 16.6. The summed E-state index contributed by atoms with van der Waals surface area (Å²) in [6.45, 7) is 12.0. The van der Waals surface area contributed by atoms with E-state index in [9.17, 15) is 9.59 Å². The number of benzene rings is 1. The lowest BCUT2D eigenvalue weighted by Gasteiger charge is -2.25. The van der Waals surface area contributed by atoms with E-state index in [0.717, 1.165) is 28.3 Å². The first-order chi connectivity index (χ1) is 15.0. The Morgan fingerprint density at radius 3 is 2.56 bits per heavy atom. The zero-order valence-electron chi connectivity index (χ0n) is 20.0. The van der Waals surface area contributed by atoms with E-state index in [1.807, 2.05) is 45.9 Å². The molecule has 172 valence electrons. The Labute approximate surface area is 188 Å².